The molecular formula is C11H17N3. The van der Waals surface area contributed by atoms with Gasteiger partial charge >= 0.3 is 0 Å². The molecule has 0 saturated heterocycles. The van der Waals surface area contributed by atoms with E-state index in [2.05, 4.69) is 30.3 Å². The lowest BCUT2D eigenvalue weighted by molar-refractivity contribution is 0.345. The molecule has 0 unspecified atom stereocenters. The maximum Gasteiger partial charge on any atom is 0.0622 e. The molecule has 1 aromatic rings. The molecule has 76 valence electrons. The Balaban J connectivity index is 2.48. The van der Waals surface area contributed by atoms with Crippen LogP contribution < -0.4 is 11.1 Å². The predicted octanol–water partition coefficient (Wildman–Crippen LogP) is 1.43. The molecule has 1 aliphatic heterocycles. The van der Waals surface area contributed by atoms with Gasteiger partial charge in [-0.2, -0.15) is 0 Å². The van der Waals surface area contributed by atoms with Gasteiger partial charge in [0, 0.05) is 19.6 Å². The van der Waals surface area contributed by atoms with Gasteiger partial charge in [0.05, 0.1) is 11.4 Å². The van der Waals surface area contributed by atoms with Gasteiger partial charge in [-0.15, -0.1) is 0 Å². The van der Waals surface area contributed by atoms with Crippen molar-refractivity contribution in [3.05, 3.63) is 23.3 Å². The van der Waals surface area contributed by atoms with Crippen LogP contribution >= 0.6 is 0 Å². The summed E-state index contributed by atoms with van der Waals surface area (Å²) >= 11 is 0. The molecule has 1 heterocycles. The molecule has 0 aliphatic carbocycles. The van der Waals surface area contributed by atoms with Crippen LogP contribution in [-0.2, 0) is 6.54 Å². The number of benzene rings is 1. The van der Waals surface area contributed by atoms with E-state index in [0.717, 1.165) is 31.0 Å². The van der Waals surface area contributed by atoms with Crippen molar-refractivity contribution in [3.63, 3.8) is 0 Å². The fourth-order valence-corrected chi connectivity index (χ4v) is 1.90. The van der Waals surface area contributed by atoms with Crippen molar-refractivity contribution in [2.24, 2.45) is 0 Å². The molecule has 0 bridgehead atoms. The molecule has 0 atom stereocenters. The van der Waals surface area contributed by atoms with E-state index >= 15 is 0 Å². The lowest BCUT2D eigenvalue weighted by atomic mass is 10.0. The van der Waals surface area contributed by atoms with Gasteiger partial charge < -0.3 is 16.0 Å². The number of anilines is 2. The summed E-state index contributed by atoms with van der Waals surface area (Å²) in [6, 6.07) is 4.07. The first-order chi connectivity index (χ1) is 6.68. The second kappa shape index (κ2) is 3.50. The average molecular weight is 191 g/mol. The van der Waals surface area contributed by atoms with E-state index in [4.69, 9.17) is 5.73 Å². The average Bonchev–Trinajstić information content (AvgIpc) is 2.34. The third-order valence-electron chi connectivity index (χ3n) is 2.80. The Labute approximate surface area is 84.9 Å². The number of likely N-dealkylation sites (N-methyl/N-ethyl adjacent to an activating group) is 1. The molecule has 14 heavy (non-hydrogen) atoms. The third kappa shape index (κ3) is 1.55. The molecule has 1 aromatic carbocycles. The van der Waals surface area contributed by atoms with Crippen molar-refractivity contribution in [1.29, 1.82) is 0 Å². The number of nitrogens with one attached hydrogen (secondary N) is 1. The van der Waals surface area contributed by atoms with Crippen molar-refractivity contribution in [2.45, 2.75) is 13.5 Å². The number of hydrogen-bond donors (Lipinski definition) is 2. The van der Waals surface area contributed by atoms with Crippen LogP contribution in [0.2, 0.25) is 0 Å². The number of rotatable bonds is 0. The summed E-state index contributed by atoms with van der Waals surface area (Å²) < 4.78 is 0. The van der Waals surface area contributed by atoms with Crippen LogP contribution in [0.15, 0.2) is 12.1 Å². The largest absolute Gasteiger partial charge is 0.397 e. The molecule has 2 rings (SSSR count). The number of nitrogen functional groups attached to an aromatic ring is 1. The minimum absolute atomic E-state index is 0.862. The predicted molar refractivity (Wildman–Crippen MR) is 60.4 cm³/mol. The van der Waals surface area contributed by atoms with E-state index in [1.165, 1.54) is 11.1 Å². The fraction of sp³-hybridized carbons (Fsp3) is 0.455. The monoisotopic (exact) mass is 191 g/mol. The minimum atomic E-state index is 0.862. The lowest BCUT2D eigenvalue weighted by Gasteiger charge is -2.15. The van der Waals surface area contributed by atoms with Crippen LogP contribution in [0.3, 0.4) is 0 Å². The summed E-state index contributed by atoms with van der Waals surface area (Å²) in [4.78, 5) is 2.31. The second-order valence-electron chi connectivity index (χ2n) is 3.99. The SMILES string of the molecule is Cc1ccc(N)c2c1CN(C)CCN2. The topological polar surface area (TPSA) is 41.3 Å². The number of nitrogens with two attached hydrogens (primary N) is 1. The number of aryl methyl sites for hydroxylation is 1. The van der Waals surface area contributed by atoms with Gasteiger partial charge in [-0.05, 0) is 31.2 Å². The molecule has 3 N–H and O–H groups in total. The quantitative estimate of drug-likeness (QED) is 0.610. The van der Waals surface area contributed by atoms with Gasteiger partial charge in [0.1, 0.15) is 0 Å². The van der Waals surface area contributed by atoms with Crippen molar-refractivity contribution >= 4 is 11.4 Å². The van der Waals surface area contributed by atoms with Crippen molar-refractivity contribution in [2.75, 3.05) is 31.2 Å². The molecular weight excluding hydrogens is 174 g/mol. The highest BCUT2D eigenvalue weighted by molar-refractivity contribution is 5.72. The molecule has 0 aromatic heterocycles. The smallest absolute Gasteiger partial charge is 0.0622 e. The Hall–Kier alpha value is -1.22. The number of hydrogen-bond acceptors (Lipinski definition) is 3. The van der Waals surface area contributed by atoms with Gasteiger partial charge in [0.15, 0.2) is 0 Å². The first kappa shape index (κ1) is 9.34. The Bertz CT molecular complexity index is 347. The Morgan fingerprint density at radius 2 is 2.21 bits per heavy atom. The number of fused-ring (bicyclic) bond motifs is 1. The molecule has 1 aliphatic rings. The molecule has 3 heteroatoms. The van der Waals surface area contributed by atoms with Gasteiger partial charge in [-0.3, -0.25) is 0 Å². The third-order valence-corrected chi connectivity index (χ3v) is 2.80. The minimum Gasteiger partial charge on any atom is -0.397 e. The van der Waals surface area contributed by atoms with Crippen molar-refractivity contribution in [1.82, 2.24) is 4.90 Å². The van der Waals surface area contributed by atoms with Gasteiger partial charge in [-0.1, -0.05) is 6.07 Å². The van der Waals surface area contributed by atoms with Crippen molar-refractivity contribution < 1.29 is 0 Å². The fourth-order valence-electron chi connectivity index (χ4n) is 1.90. The molecule has 0 amide bonds. The molecule has 3 nitrogen and oxygen atoms in total. The van der Waals surface area contributed by atoms with Gasteiger partial charge in [0.25, 0.3) is 0 Å². The first-order valence-electron chi connectivity index (χ1n) is 4.99. The number of nitrogens with zero attached hydrogens (tertiary/aromatic N) is 1. The summed E-state index contributed by atoms with van der Waals surface area (Å²) in [7, 11) is 2.14. The van der Waals surface area contributed by atoms with Crippen LogP contribution in [0.1, 0.15) is 11.1 Å². The van der Waals surface area contributed by atoms with Crippen LogP contribution in [0, 0.1) is 6.92 Å². The van der Waals surface area contributed by atoms with Crippen LogP contribution in [-0.4, -0.2) is 25.0 Å². The second-order valence-corrected chi connectivity index (χ2v) is 3.99. The van der Waals surface area contributed by atoms with E-state index in [9.17, 15) is 0 Å². The molecule has 0 radical (unpaired) electrons. The Morgan fingerprint density at radius 3 is 3.00 bits per heavy atom. The molecule has 0 fully saturated rings. The van der Waals surface area contributed by atoms with Gasteiger partial charge in [0.2, 0.25) is 0 Å². The summed E-state index contributed by atoms with van der Waals surface area (Å²) in [6.45, 7) is 5.16. The van der Waals surface area contributed by atoms with E-state index in [1.54, 1.807) is 0 Å². The normalized spacial score (nSPS) is 17.0. The van der Waals surface area contributed by atoms with Crippen LogP contribution in [0.4, 0.5) is 11.4 Å². The Morgan fingerprint density at radius 1 is 1.43 bits per heavy atom. The highest BCUT2D eigenvalue weighted by Gasteiger charge is 2.14. The summed E-state index contributed by atoms with van der Waals surface area (Å²) in [5.74, 6) is 0. The molecule has 0 spiro atoms. The lowest BCUT2D eigenvalue weighted by Crippen LogP contribution is -2.21. The zero-order valence-corrected chi connectivity index (χ0v) is 8.80. The maximum absolute atomic E-state index is 5.94. The molecule has 0 saturated carbocycles. The van der Waals surface area contributed by atoms with Gasteiger partial charge in [-0.25, -0.2) is 0 Å². The maximum atomic E-state index is 5.94. The van der Waals surface area contributed by atoms with E-state index < -0.39 is 0 Å². The highest BCUT2D eigenvalue weighted by Crippen LogP contribution is 2.28. The van der Waals surface area contributed by atoms with E-state index in [1.807, 2.05) is 6.07 Å². The van der Waals surface area contributed by atoms with Crippen LogP contribution in [0.25, 0.3) is 0 Å². The van der Waals surface area contributed by atoms with Crippen LogP contribution in [0.5, 0.6) is 0 Å². The highest BCUT2D eigenvalue weighted by atomic mass is 15.1. The van der Waals surface area contributed by atoms with Crippen molar-refractivity contribution in [3.8, 4) is 0 Å². The zero-order chi connectivity index (χ0) is 10.1. The summed E-state index contributed by atoms with van der Waals surface area (Å²) in [5, 5.41) is 3.40. The van der Waals surface area contributed by atoms with E-state index in [0.29, 0.717) is 0 Å². The summed E-state index contributed by atoms with van der Waals surface area (Å²) in [6.07, 6.45) is 0. The standard InChI is InChI=1S/C11H17N3/c1-8-3-4-10(12)11-9(8)7-14(2)6-5-13-11/h3-4,13H,5-7,12H2,1-2H3. The first-order valence-corrected chi connectivity index (χ1v) is 4.99. The van der Waals surface area contributed by atoms with E-state index in [-0.39, 0.29) is 0 Å². The zero-order valence-electron chi connectivity index (χ0n) is 8.80. The Kier molecular flexibility index (Phi) is 2.33. The summed E-state index contributed by atoms with van der Waals surface area (Å²) in [5.41, 5.74) is 10.6.